The zero-order valence-electron chi connectivity index (χ0n) is 38.1. The summed E-state index contributed by atoms with van der Waals surface area (Å²) in [5, 5.41) is 44.2. The molecule has 1 radical (unpaired) electrons. The van der Waals surface area contributed by atoms with Gasteiger partial charge in [0.1, 0.15) is 0 Å². The van der Waals surface area contributed by atoms with Gasteiger partial charge in [0.05, 0.1) is 70.4 Å². The minimum absolute atomic E-state index is 0. The first-order chi connectivity index (χ1) is 28.9. The Balaban J connectivity index is -0.000000371. The van der Waals surface area contributed by atoms with Gasteiger partial charge in [-0.1, -0.05) is 91.0 Å². The fourth-order valence-corrected chi connectivity index (χ4v) is 11.1. The van der Waals surface area contributed by atoms with Gasteiger partial charge in [0.25, 0.3) is 0 Å². The quantitative estimate of drug-likeness (QED) is 0.0649. The Morgan fingerprint density at radius 1 is 0.359 bits per heavy atom. The smallest absolute Gasteiger partial charge is 0.356 e. The molecule has 25 heteroatoms. The molecule has 3 aromatic rings. The van der Waals surface area contributed by atoms with E-state index in [1.807, 2.05) is 174 Å². The number of hydrogen-bond acceptors (Lipinski definition) is 18. The molecule has 367 valence electrons. The van der Waals surface area contributed by atoms with E-state index in [0.29, 0.717) is 18.5 Å². The molecule has 3 aromatic carbocycles. The first-order valence-electron chi connectivity index (χ1n) is 19.4. The Morgan fingerprint density at radius 3 is 0.594 bits per heavy atom. The number of hydrogen-bond donors (Lipinski definition) is 0. The first-order valence-corrected chi connectivity index (χ1v) is 24.6. The molecular formula is C39H63DyN3O18P3. The third-order valence-electron chi connectivity index (χ3n) is 5.89. The summed E-state index contributed by atoms with van der Waals surface area (Å²) in [6.45, 7) is 22.3. The van der Waals surface area contributed by atoms with E-state index in [4.69, 9.17) is 73.1 Å². The van der Waals surface area contributed by atoms with Gasteiger partial charge in [0.15, 0.2) is 0 Å². The predicted octanol–water partition coefficient (Wildman–Crippen LogP) is 12.0. The molecule has 0 aromatic heterocycles. The van der Waals surface area contributed by atoms with Crippen molar-refractivity contribution in [3.8, 4) is 0 Å². The molecule has 0 saturated carbocycles. The summed E-state index contributed by atoms with van der Waals surface area (Å²) in [7, 11) is -9.16. The summed E-state index contributed by atoms with van der Waals surface area (Å²) in [5.41, 5.74) is 2.91. The molecule has 0 spiro atoms. The topological polar surface area (TPSA) is 305 Å². The second-order valence-corrected chi connectivity index (χ2v) is 20.2. The average molecular weight is 1120 g/mol. The summed E-state index contributed by atoms with van der Waals surface area (Å²) in [4.78, 5) is 24.8. The first kappa shape index (κ1) is 67.6. The standard InChI is InChI=1S/3C13H21O3P.Dy.3NO3/c3*1-11(2)15-17(14,16-12(3)4)10-13-8-6-5-7-9-13;;3*2-1(3)4/h3*5-9,11-12H,10H2,1-4H3;;;;/q;;;+3;3*-1. The van der Waals surface area contributed by atoms with Crippen LogP contribution in [0.3, 0.4) is 0 Å². The Morgan fingerprint density at radius 2 is 0.484 bits per heavy atom. The molecule has 0 aliphatic carbocycles. The van der Waals surface area contributed by atoms with Gasteiger partial charge in [-0.25, -0.2) is 0 Å². The summed E-state index contributed by atoms with van der Waals surface area (Å²) in [6, 6.07) is 28.9. The Hall–Kier alpha value is -3.02. The Labute approximate surface area is 406 Å². The fourth-order valence-electron chi connectivity index (χ4n) is 4.65. The molecule has 0 heterocycles. The normalized spacial score (nSPS) is 11.0. The van der Waals surface area contributed by atoms with Gasteiger partial charge in [0, 0.05) is 0 Å². The van der Waals surface area contributed by atoms with Gasteiger partial charge >= 0.3 is 61.0 Å². The van der Waals surface area contributed by atoms with E-state index in [1.54, 1.807) is 0 Å². The van der Waals surface area contributed by atoms with Crippen molar-refractivity contribution in [2.75, 3.05) is 0 Å². The van der Waals surface area contributed by atoms with Crippen LogP contribution < -0.4 is 0 Å². The van der Waals surface area contributed by atoms with Crippen molar-refractivity contribution in [1.29, 1.82) is 0 Å². The van der Waals surface area contributed by atoms with E-state index >= 15 is 0 Å². The molecule has 0 saturated heterocycles. The van der Waals surface area contributed by atoms with Crippen LogP contribution in [0.25, 0.3) is 0 Å². The van der Waals surface area contributed by atoms with Gasteiger partial charge in [0.2, 0.25) is 0 Å². The maximum Gasteiger partial charge on any atom is 3.00 e. The number of nitrogens with zero attached hydrogens (tertiary/aromatic N) is 3. The van der Waals surface area contributed by atoms with E-state index in [-0.39, 0.29) is 74.8 Å². The van der Waals surface area contributed by atoms with Crippen LogP contribution in [0.4, 0.5) is 0 Å². The van der Waals surface area contributed by atoms with Gasteiger partial charge in [-0.05, 0) is 99.8 Å². The molecule has 3 rings (SSSR count). The molecule has 0 atom stereocenters. The molecule has 64 heavy (non-hydrogen) atoms. The van der Waals surface area contributed by atoms with E-state index in [1.165, 1.54) is 0 Å². The molecule has 0 unspecified atom stereocenters. The largest absolute Gasteiger partial charge is 3.00 e. The summed E-state index contributed by atoms with van der Waals surface area (Å²) < 4.78 is 70.6. The fraction of sp³-hybridized carbons (Fsp3) is 0.538. The Kier molecular flexibility index (Phi) is 39.2. The zero-order chi connectivity index (χ0) is 49.4. The number of rotatable bonds is 18. The van der Waals surface area contributed by atoms with Crippen LogP contribution >= 0.6 is 22.8 Å². The van der Waals surface area contributed by atoms with Crippen LogP contribution in [-0.2, 0) is 59.3 Å². The predicted molar refractivity (Wildman–Crippen MR) is 242 cm³/mol. The van der Waals surface area contributed by atoms with E-state index < -0.39 is 38.0 Å². The van der Waals surface area contributed by atoms with Crippen molar-refractivity contribution in [2.45, 2.75) is 138 Å². The third kappa shape index (κ3) is 45.5. The zero-order valence-corrected chi connectivity index (χ0v) is 42.8. The summed E-state index contributed by atoms with van der Waals surface area (Å²) >= 11 is 0. The van der Waals surface area contributed by atoms with Gasteiger partial charge in [-0.2, -0.15) is 0 Å². The minimum Gasteiger partial charge on any atom is -0.356 e. The summed E-state index contributed by atoms with van der Waals surface area (Å²) in [6.07, 6.45) is 0.322. The maximum absolute atomic E-state index is 12.6. The van der Waals surface area contributed by atoms with Crippen LogP contribution in [0.1, 0.15) is 99.8 Å². The van der Waals surface area contributed by atoms with Crippen molar-refractivity contribution < 1.29 is 94.3 Å². The van der Waals surface area contributed by atoms with Crippen molar-refractivity contribution in [3.05, 3.63) is 154 Å². The van der Waals surface area contributed by atoms with Gasteiger partial charge < -0.3 is 73.1 Å². The molecule has 0 aliphatic heterocycles. The molecule has 0 bridgehead atoms. The van der Waals surface area contributed by atoms with Crippen molar-refractivity contribution in [2.24, 2.45) is 0 Å². The second kappa shape index (κ2) is 37.1. The maximum atomic E-state index is 12.6. The van der Waals surface area contributed by atoms with Crippen molar-refractivity contribution in [1.82, 2.24) is 0 Å². The van der Waals surface area contributed by atoms with Crippen LogP contribution in [0.15, 0.2) is 91.0 Å². The molecule has 0 N–H and O–H groups in total. The number of benzene rings is 3. The SMILES string of the molecule is CC(C)OP(=O)(Cc1ccccc1)OC(C)C.CC(C)OP(=O)(Cc1ccccc1)OC(C)C.CC(C)OP(=O)(Cc1ccccc1)OC(C)C.O=[N+]([O-])[O-].O=[N+]([O-])[O-].O=[N+]([O-])[O-].[Dy+3]. The van der Waals surface area contributed by atoms with E-state index in [0.717, 1.165) is 16.7 Å². The molecule has 0 fully saturated rings. The summed E-state index contributed by atoms with van der Waals surface area (Å²) in [5.74, 6) is 0. The van der Waals surface area contributed by atoms with Crippen LogP contribution in [0.5, 0.6) is 0 Å². The monoisotopic (exact) mass is 1120 g/mol. The third-order valence-corrected chi connectivity index (χ3v) is 12.6. The van der Waals surface area contributed by atoms with Gasteiger partial charge in [-0.15, -0.1) is 0 Å². The van der Waals surface area contributed by atoms with Crippen LogP contribution in [0.2, 0.25) is 0 Å². The van der Waals surface area contributed by atoms with E-state index in [9.17, 15) is 13.7 Å². The van der Waals surface area contributed by atoms with Crippen LogP contribution in [0, 0.1) is 84.1 Å². The minimum atomic E-state index is -3.05. The Bertz CT molecular complexity index is 1550. The van der Waals surface area contributed by atoms with Crippen molar-refractivity contribution in [3.63, 3.8) is 0 Å². The van der Waals surface area contributed by atoms with Crippen molar-refractivity contribution >= 4 is 22.8 Å². The van der Waals surface area contributed by atoms with Gasteiger partial charge in [-0.3, -0.25) is 13.7 Å². The average Bonchev–Trinajstić information content (AvgIpc) is 3.07. The second-order valence-electron chi connectivity index (χ2n) is 14.4. The molecule has 0 amide bonds. The van der Waals surface area contributed by atoms with E-state index in [2.05, 4.69) is 0 Å². The molecule has 0 aliphatic rings. The van der Waals surface area contributed by atoms with Crippen LogP contribution in [-0.4, -0.2) is 51.9 Å². The molecular weight excluding hydrogens is 1050 g/mol. The molecule has 21 nitrogen and oxygen atoms in total.